The van der Waals surface area contributed by atoms with E-state index in [-0.39, 0.29) is 10.8 Å². The van der Waals surface area contributed by atoms with Gasteiger partial charge in [0.05, 0.1) is 12.0 Å². The average molecular weight is 401 g/mol. The standard InChI is InChI=1S/C18H19N5O4S/c1-13(23-12-19-11-20-23)18(24)21-14-3-5-15(6-4-14)22-28(25,26)17-9-7-16(27-2)8-10-17/h3-13,22H,1-2H3,(H,21,24). The molecule has 1 amide bonds. The second-order valence-electron chi connectivity index (χ2n) is 5.90. The number of benzene rings is 2. The van der Waals surface area contributed by atoms with Crippen LogP contribution in [-0.2, 0) is 14.8 Å². The van der Waals surface area contributed by atoms with Crippen LogP contribution in [0, 0.1) is 0 Å². The summed E-state index contributed by atoms with van der Waals surface area (Å²) in [4.78, 5) is 16.2. The third-order valence-corrected chi connectivity index (χ3v) is 5.38. The fourth-order valence-electron chi connectivity index (χ4n) is 2.37. The van der Waals surface area contributed by atoms with Crippen molar-refractivity contribution >= 4 is 27.3 Å². The SMILES string of the molecule is COc1ccc(S(=O)(=O)Nc2ccc(NC(=O)C(C)n3cncn3)cc2)cc1. The lowest BCUT2D eigenvalue weighted by Crippen LogP contribution is -2.24. The predicted molar refractivity (Wildman–Crippen MR) is 104 cm³/mol. The molecule has 1 aromatic heterocycles. The number of methoxy groups -OCH3 is 1. The third kappa shape index (κ3) is 4.46. The van der Waals surface area contributed by atoms with Gasteiger partial charge in [-0.25, -0.2) is 18.1 Å². The molecule has 2 N–H and O–H groups in total. The van der Waals surface area contributed by atoms with Gasteiger partial charge in [-0.15, -0.1) is 0 Å². The average Bonchev–Trinajstić information content (AvgIpc) is 3.23. The summed E-state index contributed by atoms with van der Waals surface area (Å²) >= 11 is 0. The zero-order valence-electron chi connectivity index (χ0n) is 15.2. The topological polar surface area (TPSA) is 115 Å². The Hall–Kier alpha value is -3.40. The number of aromatic nitrogens is 3. The zero-order valence-corrected chi connectivity index (χ0v) is 16.1. The van der Waals surface area contributed by atoms with E-state index in [1.165, 1.54) is 36.6 Å². The highest BCUT2D eigenvalue weighted by molar-refractivity contribution is 7.92. The quantitative estimate of drug-likeness (QED) is 0.628. The first kappa shape index (κ1) is 19.4. The van der Waals surface area contributed by atoms with Crippen LogP contribution in [0.4, 0.5) is 11.4 Å². The summed E-state index contributed by atoms with van der Waals surface area (Å²) in [6.45, 7) is 1.70. The summed E-state index contributed by atoms with van der Waals surface area (Å²) in [5.74, 6) is 0.302. The lowest BCUT2D eigenvalue weighted by Gasteiger charge is -2.13. The minimum Gasteiger partial charge on any atom is -0.497 e. The van der Waals surface area contributed by atoms with E-state index in [1.807, 2.05) is 0 Å². The molecule has 1 unspecified atom stereocenters. The largest absolute Gasteiger partial charge is 0.497 e. The van der Waals surface area contributed by atoms with Crippen LogP contribution in [0.2, 0.25) is 0 Å². The predicted octanol–water partition coefficient (Wildman–Crippen LogP) is 2.29. The second-order valence-corrected chi connectivity index (χ2v) is 7.58. The maximum Gasteiger partial charge on any atom is 0.261 e. The van der Waals surface area contributed by atoms with E-state index >= 15 is 0 Å². The molecule has 0 bridgehead atoms. The number of anilines is 2. The number of amides is 1. The smallest absolute Gasteiger partial charge is 0.261 e. The highest BCUT2D eigenvalue weighted by atomic mass is 32.2. The molecule has 0 aliphatic rings. The molecule has 3 aromatic rings. The fraction of sp³-hybridized carbons (Fsp3) is 0.167. The van der Waals surface area contributed by atoms with Crippen LogP contribution in [0.15, 0.2) is 66.1 Å². The molecule has 146 valence electrons. The molecule has 10 heteroatoms. The van der Waals surface area contributed by atoms with E-state index in [1.54, 1.807) is 43.3 Å². The van der Waals surface area contributed by atoms with Gasteiger partial charge in [0.1, 0.15) is 24.4 Å². The second kappa shape index (κ2) is 8.09. The number of sulfonamides is 1. The van der Waals surface area contributed by atoms with Crippen LogP contribution in [0.5, 0.6) is 5.75 Å². The normalized spacial score (nSPS) is 12.2. The van der Waals surface area contributed by atoms with Crippen molar-refractivity contribution in [3.8, 4) is 5.75 Å². The Labute approximate surface area is 162 Å². The van der Waals surface area contributed by atoms with E-state index in [0.29, 0.717) is 17.1 Å². The first-order chi connectivity index (χ1) is 13.4. The number of ether oxygens (including phenoxy) is 1. The number of hydrogen-bond acceptors (Lipinski definition) is 6. The van der Waals surface area contributed by atoms with E-state index in [0.717, 1.165) is 0 Å². The third-order valence-electron chi connectivity index (χ3n) is 3.99. The Kier molecular flexibility index (Phi) is 5.59. The molecule has 1 atom stereocenters. The number of rotatable bonds is 7. The maximum atomic E-state index is 12.4. The molecule has 0 saturated carbocycles. The van der Waals surface area contributed by atoms with E-state index in [9.17, 15) is 13.2 Å². The van der Waals surface area contributed by atoms with Crippen molar-refractivity contribution in [3.05, 3.63) is 61.2 Å². The maximum absolute atomic E-state index is 12.4. The van der Waals surface area contributed by atoms with Gasteiger partial charge in [0, 0.05) is 11.4 Å². The molecule has 0 saturated heterocycles. The molecule has 0 aliphatic heterocycles. The summed E-state index contributed by atoms with van der Waals surface area (Å²) in [5, 5.41) is 6.68. The summed E-state index contributed by atoms with van der Waals surface area (Å²) in [6.07, 6.45) is 2.81. The Morgan fingerprint density at radius 1 is 1.07 bits per heavy atom. The lowest BCUT2D eigenvalue weighted by atomic mass is 10.2. The molecule has 28 heavy (non-hydrogen) atoms. The number of nitrogens with zero attached hydrogens (tertiary/aromatic N) is 3. The van der Waals surface area contributed by atoms with Crippen LogP contribution < -0.4 is 14.8 Å². The van der Waals surface area contributed by atoms with Crippen LogP contribution in [0.1, 0.15) is 13.0 Å². The van der Waals surface area contributed by atoms with Gasteiger partial charge >= 0.3 is 0 Å². The Morgan fingerprint density at radius 2 is 1.71 bits per heavy atom. The number of hydrogen-bond donors (Lipinski definition) is 2. The highest BCUT2D eigenvalue weighted by Crippen LogP contribution is 2.21. The number of nitrogens with one attached hydrogen (secondary N) is 2. The zero-order chi connectivity index (χ0) is 20.1. The molecule has 2 aromatic carbocycles. The molecule has 0 radical (unpaired) electrons. The summed E-state index contributed by atoms with van der Waals surface area (Å²) < 4.78 is 33.9. The summed E-state index contributed by atoms with van der Waals surface area (Å²) in [6, 6.07) is 11.9. The molecule has 0 spiro atoms. The molecule has 1 heterocycles. The van der Waals surface area contributed by atoms with E-state index in [4.69, 9.17) is 4.74 Å². The molecule has 3 rings (SSSR count). The van der Waals surface area contributed by atoms with Crippen LogP contribution in [0.3, 0.4) is 0 Å². The van der Waals surface area contributed by atoms with Crippen molar-refractivity contribution in [2.45, 2.75) is 17.9 Å². The molecular formula is C18H19N5O4S. The van der Waals surface area contributed by atoms with Crippen molar-refractivity contribution < 1.29 is 17.9 Å². The minimum absolute atomic E-state index is 0.118. The van der Waals surface area contributed by atoms with Crippen molar-refractivity contribution in [2.24, 2.45) is 0 Å². The lowest BCUT2D eigenvalue weighted by molar-refractivity contribution is -0.119. The van der Waals surface area contributed by atoms with Gasteiger partial charge in [-0.3, -0.25) is 9.52 Å². The van der Waals surface area contributed by atoms with Crippen molar-refractivity contribution in [3.63, 3.8) is 0 Å². The van der Waals surface area contributed by atoms with E-state index < -0.39 is 16.1 Å². The highest BCUT2D eigenvalue weighted by Gasteiger charge is 2.16. The first-order valence-corrected chi connectivity index (χ1v) is 9.79. The van der Waals surface area contributed by atoms with Gasteiger partial charge in [-0.2, -0.15) is 5.10 Å². The van der Waals surface area contributed by atoms with Gasteiger partial charge in [-0.05, 0) is 55.5 Å². The van der Waals surface area contributed by atoms with Crippen LogP contribution in [-0.4, -0.2) is 36.2 Å². The molecule has 0 fully saturated rings. The monoisotopic (exact) mass is 401 g/mol. The summed E-state index contributed by atoms with van der Waals surface area (Å²) in [7, 11) is -2.22. The first-order valence-electron chi connectivity index (χ1n) is 8.31. The van der Waals surface area contributed by atoms with E-state index in [2.05, 4.69) is 20.1 Å². The van der Waals surface area contributed by atoms with Crippen molar-refractivity contribution in [1.29, 1.82) is 0 Å². The van der Waals surface area contributed by atoms with Crippen molar-refractivity contribution in [1.82, 2.24) is 14.8 Å². The van der Waals surface area contributed by atoms with Gasteiger partial charge in [0.2, 0.25) is 5.91 Å². The van der Waals surface area contributed by atoms with Crippen LogP contribution in [0.25, 0.3) is 0 Å². The Balaban J connectivity index is 1.66. The Morgan fingerprint density at radius 3 is 2.29 bits per heavy atom. The number of carbonyl (C=O) groups excluding carboxylic acids is 1. The summed E-state index contributed by atoms with van der Waals surface area (Å²) in [5.41, 5.74) is 0.905. The molecule has 0 aliphatic carbocycles. The van der Waals surface area contributed by atoms with Gasteiger partial charge in [0.25, 0.3) is 10.0 Å². The van der Waals surface area contributed by atoms with Crippen molar-refractivity contribution in [2.75, 3.05) is 17.1 Å². The minimum atomic E-state index is -3.73. The van der Waals surface area contributed by atoms with Gasteiger partial charge in [0.15, 0.2) is 0 Å². The number of carbonyl (C=O) groups is 1. The van der Waals surface area contributed by atoms with Gasteiger partial charge < -0.3 is 10.1 Å². The molecular weight excluding hydrogens is 382 g/mol. The van der Waals surface area contributed by atoms with Crippen LogP contribution >= 0.6 is 0 Å². The molecule has 9 nitrogen and oxygen atoms in total. The fourth-order valence-corrected chi connectivity index (χ4v) is 3.43. The Bertz CT molecular complexity index is 1030. The van der Waals surface area contributed by atoms with Gasteiger partial charge in [-0.1, -0.05) is 0 Å².